The van der Waals surface area contributed by atoms with Crippen molar-refractivity contribution in [3.05, 3.63) is 53.1 Å². The highest BCUT2D eigenvalue weighted by molar-refractivity contribution is 6.30. The highest BCUT2D eigenvalue weighted by Crippen LogP contribution is 2.28. The van der Waals surface area contributed by atoms with Gasteiger partial charge in [-0.3, -0.25) is 0 Å². The average molecular weight is 277 g/mol. The molecular weight excluding hydrogens is 264 g/mol. The molecule has 0 aromatic heterocycles. The minimum absolute atomic E-state index is 0.399. The van der Waals surface area contributed by atoms with Crippen LogP contribution in [0.15, 0.2) is 42.5 Å². The van der Waals surface area contributed by atoms with E-state index in [0.717, 1.165) is 11.1 Å². The van der Waals surface area contributed by atoms with Gasteiger partial charge in [-0.15, -0.1) is 0 Å². The average Bonchev–Trinajstić information content (AvgIpc) is 2.46. The summed E-state index contributed by atoms with van der Waals surface area (Å²) in [5.74, 6) is 0.210. The van der Waals surface area contributed by atoms with Crippen LogP contribution >= 0.6 is 11.6 Å². The van der Waals surface area contributed by atoms with Gasteiger partial charge in [-0.1, -0.05) is 23.7 Å². The van der Waals surface area contributed by atoms with E-state index in [-0.39, 0.29) is 0 Å². The van der Waals surface area contributed by atoms with Crippen LogP contribution in [0, 0.1) is 0 Å². The quantitative estimate of drug-likeness (QED) is 0.800. The molecule has 19 heavy (non-hydrogen) atoms. The molecule has 0 aliphatic carbocycles. The van der Waals surface area contributed by atoms with Crippen LogP contribution in [-0.4, -0.2) is 20.2 Å². The number of carbonyl (C=O) groups is 1. The number of rotatable bonds is 3. The Hall–Kier alpha value is -2.00. The van der Waals surface area contributed by atoms with E-state index in [1.165, 1.54) is 7.11 Å². The van der Waals surface area contributed by atoms with Crippen molar-refractivity contribution in [1.29, 1.82) is 0 Å². The molecule has 2 rings (SSSR count). The second kappa shape index (κ2) is 5.76. The lowest BCUT2D eigenvalue weighted by molar-refractivity contribution is 0.0601. The molecule has 0 unspecified atom stereocenters. The van der Waals surface area contributed by atoms with Crippen molar-refractivity contribution in [2.75, 3.05) is 14.2 Å². The summed E-state index contributed by atoms with van der Waals surface area (Å²) in [6.07, 6.45) is 0. The van der Waals surface area contributed by atoms with Crippen LogP contribution in [-0.2, 0) is 4.74 Å². The third kappa shape index (κ3) is 2.88. The van der Waals surface area contributed by atoms with Gasteiger partial charge in [-0.25, -0.2) is 4.79 Å². The molecule has 0 heterocycles. The number of carbonyl (C=O) groups excluding carboxylic acids is 1. The first-order valence-corrected chi connectivity index (χ1v) is 6.06. The molecule has 0 saturated heterocycles. The maximum atomic E-state index is 11.8. The minimum atomic E-state index is -0.399. The Labute approximate surface area is 116 Å². The molecule has 2 aromatic carbocycles. The molecule has 0 atom stereocenters. The second-order valence-corrected chi connectivity index (χ2v) is 4.35. The van der Waals surface area contributed by atoms with Gasteiger partial charge in [0.2, 0.25) is 0 Å². The lowest BCUT2D eigenvalue weighted by atomic mass is 9.99. The zero-order valence-electron chi connectivity index (χ0n) is 10.6. The first kappa shape index (κ1) is 13.4. The number of hydrogen-bond donors (Lipinski definition) is 0. The first-order chi connectivity index (χ1) is 9.15. The molecule has 4 heteroatoms. The Morgan fingerprint density at radius 2 is 1.74 bits per heavy atom. The molecule has 0 saturated carbocycles. The van der Waals surface area contributed by atoms with Crippen LogP contribution in [0.3, 0.4) is 0 Å². The van der Waals surface area contributed by atoms with E-state index in [0.29, 0.717) is 16.3 Å². The fourth-order valence-electron chi connectivity index (χ4n) is 1.81. The van der Waals surface area contributed by atoms with Crippen molar-refractivity contribution >= 4 is 17.6 Å². The van der Waals surface area contributed by atoms with E-state index in [2.05, 4.69) is 0 Å². The minimum Gasteiger partial charge on any atom is -0.497 e. The summed E-state index contributed by atoms with van der Waals surface area (Å²) >= 11 is 5.86. The standard InChI is InChI=1S/C15H13ClO3/c1-18-12-7-8-13(14(9-12)15(17)19-2)10-3-5-11(16)6-4-10/h3-9H,1-2H3. The predicted octanol–water partition coefficient (Wildman–Crippen LogP) is 3.80. The van der Waals surface area contributed by atoms with Crippen molar-refractivity contribution in [3.8, 4) is 16.9 Å². The van der Waals surface area contributed by atoms with Gasteiger partial charge in [0.25, 0.3) is 0 Å². The molecule has 0 fully saturated rings. The van der Waals surface area contributed by atoms with Gasteiger partial charge in [0, 0.05) is 5.02 Å². The molecule has 2 aromatic rings. The summed E-state index contributed by atoms with van der Waals surface area (Å²) in [5.41, 5.74) is 2.14. The monoisotopic (exact) mass is 276 g/mol. The SMILES string of the molecule is COC(=O)c1cc(OC)ccc1-c1ccc(Cl)cc1. The molecule has 0 aliphatic heterocycles. The Bertz CT molecular complexity index is 591. The van der Waals surface area contributed by atoms with Gasteiger partial charge in [0.05, 0.1) is 19.8 Å². The summed E-state index contributed by atoms with van der Waals surface area (Å²) < 4.78 is 9.93. The normalized spacial score (nSPS) is 10.1. The van der Waals surface area contributed by atoms with E-state index in [1.807, 2.05) is 18.2 Å². The summed E-state index contributed by atoms with van der Waals surface area (Å²) in [6, 6.07) is 12.6. The molecule has 0 N–H and O–H groups in total. The molecule has 0 amide bonds. The maximum Gasteiger partial charge on any atom is 0.338 e. The summed E-state index contributed by atoms with van der Waals surface area (Å²) in [4.78, 5) is 11.8. The van der Waals surface area contributed by atoms with Crippen LogP contribution in [0.4, 0.5) is 0 Å². The van der Waals surface area contributed by atoms with Crippen LogP contribution in [0.2, 0.25) is 5.02 Å². The number of esters is 1. The Kier molecular flexibility index (Phi) is 4.07. The van der Waals surface area contributed by atoms with Crippen LogP contribution in [0.5, 0.6) is 5.75 Å². The van der Waals surface area contributed by atoms with Crippen molar-refractivity contribution in [2.24, 2.45) is 0 Å². The number of benzene rings is 2. The zero-order chi connectivity index (χ0) is 13.8. The smallest absolute Gasteiger partial charge is 0.338 e. The molecule has 98 valence electrons. The zero-order valence-corrected chi connectivity index (χ0v) is 11.4. The van der Waals surface area contributed by atoms with Crippen molar-refractivity contribution in [1.82, 2.24) is 0 Å². The highest BCUT2D eigenvalue weighted by Gasteiger charge is 2.14. The maximum absolute atomic E-state index is 11.8. The number of hydrogen-bond acceptors (Lipinski definition) is 3. The molecule has 0 radical (unpaired) electrons. The largest absolute Gasteiger partial charge is 0.497 e. The highest BCUT2D eigenvalue weighted by atomic mass is 35.5. The molecular formula is C15H13ClO3. The Morgan fingerprint density at radius 1 is 1.05 bits per heavy atom. The Morgan fingerprint density at radius 3 is 2.32 bits per heavy atom. The van der Waals surface area contributed by atoms with Crippen molar-refractivity contribution < 1.29 is 14.3 Å². The van der Waals surface area contributed by atoms with E-state index in [4.69, 9.17) is 21.1 Å². The van der Waals surface area contributed by atoms with Gasteiger partial charge < -0.3 is 9.47 Å². The van der Waals surface area contributed by atoms with Crippen molar-refractivity contribution in [3.63, 3.8) is 0 Å². The van der Waals surface area contributed by atoms with E-state index >= 15 is 0 Å². The predicted molar refractivity (Wildman–Crippen MR) is 74.8 cm³/mol. The third-order valence-corrected chi connectivity index (χ3v) is 3.04. The number of ether oxygens (including phenoxy) is 2. The fraction of sp³-hybridized carbons (Fsp3) is 0.133. The lowest BCUT2D eigenvalue weighted by Gasteiger charge is -2.10. The summed E-state index contributed by atoms with van der Waals surface area (Å²) in [5, 5.41) is 0.650. The van der Waals surface area contributed by atoms with Gasteiger partial charge in [-0.05, 0) is 41.5 Å². The number of methoxy groups -OCH3 is 2. The van der Waals surface area contributed by atoms with Gasteiger partial charge >= 0.3 is 5.97 Å². The summed E-state index contributed by atoms with van der Waals surface area (Å²) in [7, 11) is 2.91. The van der Waals surface area contributed by atoms with E-state index in [9.17, 15) is 4.79 Å². The number of halogens is 1. The second-order valence-electron chi connectivity index (χ2n) is 3.91. The fourth-order valence-corrected chi connectivity index (χ4v) is 1.94. The van der Waals surface area contributed by atoms with Gasteiger partial charge in [0.15, 0.2) is 0 Å². The molecule has 3 nitrogen and oxygen atoms in total. The van der Waals surface area contributed by atoms with E-state index in [1.54, 1.807) is 31.4 Å². The third-order valence-electron chi connectivity index (χ3n) is 2.79. The Balaban J connectivity index is 2.55. The lowest BCUT2D eigenvalue weighted by Crippen LogP contribution is -2.04. The van der Waals surface area contributed by atoms with Crippen molar-refractivity contribution in [2.45, 2.75) is 0 Å². The topological polar surface area (TPSA) is 35.5 Å². The molecule has 0 aliphatic rings. The molecule has 0 bridgehead atoms. The van der Waals surface area contributed by atoms with Crippen LogP contribution in [0.25, 0.3) is 11.1 Å². The molecule has 0 spiro atoms. The summed E-state index contributed by atoms with van der Waals surface area (Å²) in [6.45, 7) is 0. The van der Waals surface area contributed by atoms with Gasteiger partial charge in [-0.2, -0.15) is 0 Å². The first-order valence-electron chi connectivity index (χ1n) is 5.68. The van der Waals surface area contributed by atoms with Crippen LogP contribution in [0.1, 0.15) is 10.4 Å². The van der Waals surface area contributed by atoms with Gasteiger partial charge in [0.1, 0.15) is 5.75 Å². The van der Waals surface area contributed by atoms with Crippen LogP contribution < -0.4 is 4.74 Å². The van der Waals surface area contributed by atoms with E-state index < -0.39 is 5.97 Å².